The Morgan fingerprint density at radius 2 is 1.79 bits per heavy atom. The number of hydrogen-bond donors (Lipinski definition) is 2. The van der Waals surface area contributed by atoms with Crippen molar-refractivity contribution in [3.63, 3.8) is 0 Å². The first-order valence-electron chi connectivity index (χ1n) is 9.69. The maximum absolute atomic E-state index is 13.8. The molecule has 28 heavy (non-hydrogen) atoms. The van der Waals surface area contributed by atoms with Crippen LogP contribution in [0.5, 0.6) is 0 Å². The van der Waals surface area contributed by atoms with Gasteiger partial charge in [0.2, 0.25) is 11.8 Å². The Labute approximate surface area is 163 Å². The van der Waals surface area contributed by atoms with Gasteiger partial charge in [0.15, 0.2) is 0 Å². The first kappa shape index (κ1) is 18.5. The molecule has 1 fully saturated rings. The lowest BCUT2D eigenvalue weighted by atomic mass is 9.82. The molecule has 0 aliphatic carbocycles. The van der Waals surface area contributed by atoms with Gasteiger partial charge in [-0.3, -0.25) is 9.59 Å². The molecule has 6 heteroatoms. The van der Waals surface area contributed by atoms with Gasteiger partial charge in [-0.15, -0.1) is 0 Å². The molecular formula is C22H24FN3O2. The van der Waals surface area contributed by atoms with Gasteiger partial charge in [0.25, 0.3) is 0 Å². The van der Waals surface area contributed by atoms with E-state index in [4.69, 9.17) is 0 Å². The van der Waals surface area contributed by atoms with Gasteiger partial charge in [-0.25, -0.2) is 4.39 Å². The fraction of sp³-hybridized carbons (Fsp3) is 0.364. The SMILES string of the molecule is O=C1CC2(CCN(C(=O)Cc3ccccc3F)CC2)Nc2ccccc2CN1. The van der Waals surface area contributed by atoms with Gasteiger partial charge in [0.1, 0.15) is 5.82 Å². The molecule has 5 nitrogen and oxygen atoms in total. The second-order valence-electron chi connectivity index (χ2n) is 7.66. The van der Waals surface area contributed by atoms with Crippen LogP contribution in [-0.4, -0.2) is 35.3 Å². The number of halogens is 1. The summed E-state index contributed by atoms with van der Waals surface area (Å²) in [5, 5.41) is 6.59. The second kappa shape index (κ2) is 7.62. The van der Waals surface area contributed by atoms with Crippen LogP contribution in [0.25, 0.3) is 0 Å². The summed E-state index contributed by atoms with van der Waals surface area (Å²) in [6.45, 7) is 1.62. The highest BCUT2D eigenvalue weighted by atomic mass is 19.1. The molecular weight excluding hydrogens is 357 g/mol. The summed E-state index contributed by atoms with van der Waals surface area (Å²) in [7, 11) is 0. The van der Waals surface area contributed by atoms with Crippen LogP contribution in [0.2, 0.25) is 0 Å². The third-order valence-corrected chi connectivity index (χ3v) is 5.76. The first-order valence-corrected chi connectivity index (χ1v) is 9.69. The number of anilines is 1. The Morgan fingerprint density at radius 3 is 2.57 bits per heavy atom. The Kier molecular flexibility index (Phi) is 5.03. The molecule has 2 aliphatic heterocycles. The fourth-order valence-electron chi connectivity index (χ4n) is 4.09. The van der Waals surface area contributed by atoms with E-state index in [1.54, 1.807) is 23.1 Å². The monoisotopic (exact) mass is 381 g/mol. The second-order valence-corrected chi connectivity index (χ2v) is 7.66. The highest BCUT2D eigenvalue weighted by Gasteiger charge is 2.39. The van der Waals surface area contributed by atoms with E-state index < -0.39 is 0 Å². The summed E-state index contributed by atoms with van der Waals surface area (Å²) in [5.74, 6) is -0.400. The molecule has 2 aliphatic rings. The number of nitrogens with zero attached hydrogens (tertiary/aromatic N) is 1. The summed E-state index contributed by atoms with van der Waals surface area (Å²) in [5.41, 5.74) is 2.15. The molecule has 146 valence electrons. The molecule has 2 heterocycles. The number of amides is 2. The number of nitrogens with one attached hydrogen (secondary N) is 2. The van der Waals surface area contributed by atoms with E-state index in [1.807, 2.05) is 24.3 Å². The number of piperidine rings is 1. The minimum Gasteiger partial charge on any atom is -0.379 e. The molecule has 2 aromatic rings. The molecule has 0 bridgehead atoms. The van der Waals surface area contributed by atoms with Crippen molar-refractivity contribution >= 4 is 17.5 Å². The van der Waals surface area contributed by atoms with Gasteiger partial charge in [-0.05, 0) is 36.1 Å². The van der Waals surface area contributed by atoms with Crippen molar-refractivity contribution in [2.24, 2.45) is 0 Å². The van der Waals surface area contributed by atoms with E-state index in [2.05, 4.69) is 10.6 Å². The predicted octanol–water partition coefficient (Wildman–Crippen LogP) is 2.86. The molecule has 0 radical (unpaired) electrons. The first-order chi connectivity index (χ1) is 13.5. The Bertz CT molecular complexity index is 891. The average Bonchev–Trinajstić information content (AvgIpc) is 2.68. The lowest BCUT2D eigenvalue weighted by molar-refractivity contribution is -0.132. The number of carbonyl (C=O) groups is 2. The largest absolute Gasteiger partial charge is 0.379 e. The third-order valence-electron chi connectivity index (χ3n) is 5.76. The predicted molar refractivity (Wildman–Crippen MR) is 105 cm³/mol. The van der Waals surface area contributed by atoms with Gasteiger partial charge < -0.3 is 15.5 Å². The Balaban J connectivity index is 1.46. The van der Waals surface area contributed by atoms with E-state index in [1.165, 1.54) is 6.07 Å². The Hall–Kier alpha value is -2.89. The highest BCUT2D eigenvalue weighted by Crippen LogP contribution is 2.33. The molecule has 2 aromatic carbocycles. The zero-order valence-corrected chi connectivity index (χ0v) is 15.7. The molecule has 2 amide bonds. The highest BCUT2D eigenvalue weighted by molar-refractivity contribution is 5.80. The van der Waals surface area contributed by atoms with Crippen LogP contribution in [0.1, 0.15) is 30.4 Å². The van der Waals surface area contributed by atoms with Crippen molar-refractivity contribution in [3.8, 4) is 0 Å². The normalized spacial score (nSPS) is 18.5. The molecule has 0 unspecified atom stereocenters. The number of para-hydroxylation sites is 1. The van der Waals surface area contributed by atoms with Crippen molar-refractivity contribution in [1.82, 2.24) is 10.2 Å². The van der Waals surface area contributed by atoms with Crippen molar-refractivity contribution in [1.29, 1.82) is 0 Å². The summed E-state index contributed by atoms with van der Waals surface area (Å²) < 4.78 is 13.8. The van der Waals surface area contributed by atoms with Crippen molar-refractivity contribution in [2.45, 2.75) is 37.8 Å². The van der Waals surface area contributed by atoms with E-state index in [0.717, 1.165) is 11.3 Å². The van der Waals surface area contributed by atoms with Gasteiger partial charge >= 0.3 is 0 Å². The van der Waals surface area contributed by atoms with Gasteiger partial charge in [-0.1, -0.05) is 36.4 Å². The molecule has 4 rings (SSSR count). The summed E-state index contributed by atoms with van der Waals surface area (Å²) in [6.07, 6.45) is 1.81. The van der Waals surface area contributed by atoms with E-state index in [0.29, 0.717) is 44.5 Å². The van der Waals surface area contributed by atoms with Crippen LogP contribution in [0.3, 0.4) is 0 Å². The summed E-state index contributed by atoms with van der Waals surface area (Å²) in [6, 6.07) is 14.4. The Morgan fingerprint density at radius 1 is 1.07 bits per heavy atom. The molecule has 0 atom stereocenters. The third kappa shape index (κ3) is 3.86. The van der Waals surface area contributed by atoms with Crippen LogP contribution in [-0.2, 0) is 22.6 Å². The number of fused-ring (bicyclic) bond motifs is 1. The zero-order valence-electron chi connectivity index (χ0n) is 15.7. The van der Waals surface area contributed by atoms with Crippen LogP contribution >= 0.6 is 0 Å². The van der Waals surface area contributed by atoms with Gasteiger partial charge in [0.05, 0.1) is 6.42 Å². The molecule has 1 saturated heterocycles. The maximum Gasteiger partial charge on any atom is 0.227 e. The number of hydrogen-bond acceptors (Lipinski definition) is 3. The number of carbonyl (C=O) groups excluding carboxylic acids is 2. The van der Waals surface area contributed by atoms with Crippen LogP contribution in [0, 0.1) is 5.82 Å². The summed E-state index contributed by atoms with van der Waals surface area (Å²) in [4.78, 5) is 26.8. The maximum atomic E-state index is 13.8. The lowest BCUT2D eigenvalue weighted by Crippen LogP contribution is -2.53. The molecule has 2 N–H and O–H groups in total. The number of likely N-dealkylation sites (tertiary alicyclic amines) is 1. The van der Waals surface area contributed by atoms with Crippen molar-refractivity contribution in [3.05, 3.63) is 65.5 Å². The number of rotatable bonds is 2. The minimum atomic E-state index is -0.366. The fourth-order valence-corrected chi connectivity index (χ4v) is 4.09. The van der Waals surface area contributed by atoms with Crippen molar-refractivity contribution < 1.29 is 14.0 Å². The van der Waals surface area contributed by atoms with Gasteiger partial charge in [-0.2, -0.15) is 0 Å². The molecule has 0 aromatic heterocycles. The topological polar surface area (TPSA) is 61.4 Å². The molecule has 1 spiro atoms. The standard InChI is InChI=1S/C22H24FN3O2/c23-18-7-3-1-5-16(18)13-21(28)26-11-9-22(10-12-26)14-20(27)24-15-17-6-2-4-8-19(17)25-22/h1-8,25H,9-15H2,(H,24,27). The quantitative estimate of drug-likeness (QED) is 0.841. The zero-order chi connectivity index (χ0) is 19.6. The van der Waals surface area contributed by atoms with E-state index in [9.17, 15) is 14.0 Å². The van der Waals surface area contributed by atoms with Crippen LogP contribution in [0.4, 0.5) is 10.1 Å². The van der Waals surface area contributed by atoms with E-state index >= 15 is 0 Å². The van der Waals surface area contributed by atoms with E-state index in [-0.39, 0.29) is 29.6 Å². The van der Waals surface area contributed by atoms with Crippen molar-refractivity contribution in [2.75, 3.05) is 18.4 Å². The van der Waals surface area contributed by atoms with Gasteiger partial charge in [0, 0.05) is 37.3 Å². The van der Waals surface area contributed by atoms with Crippen LogP contribution in [0.15, 0.2) is 48.5 Å². The summed E-state index contributed by atoms with van der Waals surface area (Å²) >= 11 is 0. The minimum absolute atomic E-state index is 0.0214. The number of benzene rings is 2. The van der Waals surface area contributed by atoms with Crippen LogP contribution < -0.4 is 10.6 Å². The smallest absolute Gasteiger partial charge is 0.227 e. The molecule has 0 saturated carbocycles. The lowest BCUT2D eigenvalue weighted by Gasteiger charge is -2.44. The average molecular weight is 381 g/mol.